The Bertz CT molecular complexity index is 366. The molecule has 0 bridgehead atoms. The Balaban J connectivity index is 2.49. The predicted molar refractivity (Wildman–Crippen MR) is 64.1 cm³/mol. The number of esters is 1. The summed E-state index contributed by atoms with van der Waals surface area (Å²) < 4.78 is 5.08. The third-order valence-electron chi connectivity index (χ3n) is 2.26. The summed E-state index contributed by atoms with van der Waals surface area (Å²) in [7, 11) is 0. The molecule has 0 heterocycles. The van der Waals surface area contributed by atoms with Crippen LogP contribution < -0.4 is 5.73 Å². The van der Waals surface area contributed by atoms with Crippen molar-refractivity contribution in [1.29, 1.82) is 0 Å². The number of carbonyl (C=O) groups excluding carboxylic acids is 1. The number of carbonyl (C=O) groups is 1. The second-order valence-electron chi connectivity index (χ2n) is 4.01. The molecule has 0 aromatic heterocycles. The van der Waals surface area contributed by atoms with Crippen molar-refractivity contribution in [2.45, 2.75) is 26.5 Å². The van der Waals surface area contributed by atoms with Gasteiger partial charge in [-0.3, -0.25) is 4.79 Å². The Kier molecular flexibility index (Phi) is 4.77. The molecule has 0 aliphatic carbocycles. The average Bonchev–Trinajstić information content (AvgIpc) is 2.24. The van der Waals surface area contributed by atoms with E-state index in [0.717, 1.165) is 5.56 Å². The van der Waals surface area contributed by atoms with Crippen LogP contribution in [0.15, 0.2) is 24.3 Å². The fourth-order valence-electron chi connectivity index (χ4n) is 1.15. The SMILES string of the molecule is CC(C)C(N)C(=O)OCc1cccc(Cl)c1. The topological polar surface area (TPSA) is 52.3 Å². The van der Waals surface area contributed by atoms with Gasteiger partial charge in [0, 0.05) is 5.02 Å². The van der Waals surface area contributed by atoms with Crippen molar-refractivity contribution < 1.29 is 9.53 Å². The van der Waals surface area contributed by atoms with E-state index in [1.165, 1.54) is 0 Å². The van der Waals surface area contributed by atoms with Gasteiger partial charge < -0.3 is 10.5 Å². The van der Waals surface area contributed by atoms with Gasteiger partial charge in [-0.25, -0.2) is 0 Å². The molecule has 3 nitrogen and oxygen atoms in total. The van der Waals surface area contributed by atoms with E-state index in [4.69, 9.17) is 22.1 Å². The van der Waals surface area contributed by atoms with Crippen molar-refractivity contribution in [2.24, 2.45) is 11.7 Å². The van der Waals surface area contributed by atoms with Gasteiger partial charge in [-0.1, -0.05) is 37.6 Å². The second-order valence-corrected chi connectivity index (χ2v) is 4.44. The minimum absolute atomic E-state index is 0.0758. The largest absolute Gasteiger partial charge is 0.460 e. The van der Waals surface area contributed by atoms with E-state index < -0.39 is 6.04 Å². The number of halogens is 1. The number of rotatable bonds is 4. The van der Waals surface area contributed by atoms with Crippen molar-refractivity contribution in [1.82, 2.24) is 0 Å². The molecule has 1 rings (SSSR count). The Morgan fingerprint density at radius 2 is 2.19 bits per heavy atom. The van der Waals surface area contributed by atoms with Crippen LogP contribution in [-0.4, -0.2) is 12.0 Å². The number of nitrogens with two attached hydrogens (primary N) is 1. The van der Waals surface area contributed by atoms with Crippen LogP contribution in [0.25, 0.3) is 0 Å². The summed E-state index contributed by atoms with van der Waals surface area (Å²) in [5.74, 6) is -0.304. The summed E-state index contributed by atoms with van der Waals surface area (Å²) in [5, 5.41) is 0.627. The Hall–Kier alpha value is -1.06. The number of ether oxygens (including phenoxy) is 1. The fraction of sp³-hybridized carbons (Fsp3) is 0.417. The molecule has 0 amide bonds. The molecule has 16 heavy (non-hydrogen) atoms. The van der Waals surface area contributed by atoms with Gasteiger partial charge in [-0.2, -0.15) is 0 Å². The summed E-state index contributed by atoms with van der Waals surface area (Å²) in [6.45, 7) is 3.97. The lowest BCUT2D eigenvalue weighted by Gasteiger charge is -2.14. The number of hydrogen-bond donors (Lipinski definition) is 1. The van der Waals surface area contributed by atoms with Crippen molar-refractivity contribution in [3.63, 3.8) is 0 Å². The molecule has 0 saturated heterocycles. The zero-order valence-electron chi connectivity index (χ0n) is 9.44. The van der Waals surface area contributed by atoms with Crippen molar-refractivity contribution in [3.8, 4) is 0 Å². The molecule has 0 aliphatic heterocycles. The quantitative estimate of drug-likeness (QED) is 0.824. The third-order valence-corrected chi connectivity index (χ3v) is 2.50. The van der Waals surface area contributed by atoms with Gasteiger partial charge in [-0.15, -0.1) is 0 Å². The fourth-order valence-corrected chi connectivity index (χ4v) is 1.36. The highest BCUT2D eigenvalue weighted by atomic mass is 35.5. The first kappa shape index (κ1) is 13.0. The van der Waals surface area contributed by atoms with Gasteiger partial charge in [0.2, 0.25) is 0 Å². The Morgan fingerprint density at radius 3 is 2.75 bits per heavy atom. The van der Waals surface area contributed by atoms with Gasteiger partial charge in [0.1, 0.15) is 12.6 Å². The summed E-state index contributed by atoms with van der Waals surface area (Å²) in [6, 6.07) is 6.62. The zero-order chi connectivity index (χ0) is 12.1. The lowest BCUT2D eigenvalue weighted by atomic mass is 10.1. The van der Waals surface area contributed by atoms with Crippen LogP contribution in [0.2, 0.25) is 5.02 Å². The highest BCUT2D eigenvalue weighted by Gasteiger charge is 2.18. The van der Waals surface area contributed by atoms with Gasteiger partial charge in [0.15, 0.2) is 0 Å². The molecule has 0 radical (unpaired) electrons. The molecule has 88 valence electrons. The minimum Gasteiger partial charge on any atom is -0.460 e. The van der Waals surface area contributed by atoms with E-state index in [0.29, 0.717) is 5.02 Å². The molecular formula is C12H16ClNO2. The van der Waals surface area contributed by atoms with Gasteiger partial charge >= 0.3 is 5.97 Å². The molecule has 1 atom stereocenters. The van der Waals surface area contributed by atoms with E-state index in [9.17, 15) is 4.79 Å². The lowest BCUT2D eigenvalue weighted by Crippen LogP contribution is -2.36. The minimum atomic E-state index is -0.570. The zero-order valence-corrected chi connectivity index (χ0v) is 10.2. The van der Waals surface area contributed by atoms with E-state index in [1.807, 2.05) is 26.0 Å². The van der Waals surface area contributed by atoms with E-state index in [-0.39, 0.29) is 18.5 Å². The van der Waals surface area contributed by atoms with Crippen LogP contribution >= 0.6 is 11.6 Å². The molecule has 0 saturated carbocycles. The summed E-state index contributed by atoms with van der Waals surface area (Å²) >= 11 is 5.81. The predicted octanol–water partition coefficient (Wildman–Crippen LogP) is 2.37. The molecule has 0 aliphatic rings. The van der Waals surface area contributed by atoms with Gasteiger partial charge in [0.25, 0.3) is 0 Å². The highest BCUT2D eigenvalue weighted by molar-refractivity contribution is 6.30. The van der Waals surface area contributed by atoms with Crippen LogP contribution in [0.1, 0.15) is 19.4 Å². The third kappa shape index (κ3) is 3.83. The van der Waals surface area contributed by atoms with Crippen molar-refractivity contribution in [2.75, 3.05) is 0 Å². The van der Waals surface area contributed by atoms with E-state index in [2.05, 4.69) is 0 Å². The summed E-state index contributed by atoms with van der Waals surface area (Å²) in [6.07, 6.45) is 0. The monoisotopic (exact) mass is 241 g/mol. The lowest BCUT2D eigenvalue weighted by molar-refractivity contribution is -0.147. The first-order valence-electron chi connectivity index (χ1n) is 5.17. The van der Waals surface area contributed by atoms with Crippen molar-refractivity contribution in [3.05, 3.63) is 34.9 Å². The molecule has 1 aromatic carbocycles. The van der Waals surface area contributed by atoms with Gasteiger partial charge in [-0.05, 0) is 23.6 Å². The number of hydrogen-bond acceptors (Lipinski definition) is 3. The Labute approximate surface area is 101 Å². The first-order valence-corrected chi connectivity index (χ1v) is 5.55. The molecule has 4 heteroatoms. The Morgan fingerprint density at radius 1 is 1.50 bits per heavy atom. The second kappa shape index (κ2) is 5.87. The smallest absolute Gasteiger partial charge is 0.323 e. The van der Waals surface area contributed by atoms with Crippen molar-refractivity contribution >= 4 is 17.6 Å². The van der Waals surface area contributed by atoms with Crippen LogP contribution in [0.4, 0.5) is 0 Å². The molecule has 0 fully saturated rings. The molecular weight excluding hydrogens is 226 g/mol. The van der Waals surface area contributed by atoms with Crippen LogP contribution in [0.3, 0.4) is 0 Å². The molecule has 1 unspecified atom stereocenters. The molecule has 2 N–H and O–H groups in total. The van der Waals surface area contributed by atoms with Crippen LogP contribution in [-0.2, 0) is 16.1 Å². The standard InChI is InChI=1S/C12H16ClNO2/c1-8(2)11(14)12(15)16-7-9-4-3-5-10(13)6-9/h3-6,8,11H,7,14H2,1-2H3. The van der Waals surface area contributed by atoms with Gasteiger partial charge in [0.05, 0.1) is 0 Å². The molecule has 0 spiro atoms. The highest BCUT2D eigenvalue weighted by Crippen LogP contribution is 2.12. The van der Waals surface area contributed by atoms with Crippen LogP contribution in [0.5, 0.6) is 0 Å². The molecule has 1 aromatic rings. The maximum atomic E-state index is 11.5. The van der Waals surface area contributed by atoms with E-state index >= 15 is 0 Å². The number of benzene rings is 1. The maximum Gasteiger partial charge on any atom is 0.323 e. The van der Waals surface area contributed by atoms with Crippen LogP contribution in [0, 0.1) is 5.92 Å². The maximum absolute atomic E-state index is 11.5. The normalized spacial score (nSPS) is 12.6. The summed E-state index contributed by atoms with van der Waals surface area (Å²) in [5.41, 5.74) is 6.51. The first-order chi connectivity index (χ1) is 7.50. The average molecular weight is 242 g/mol. The summed E-state index contributed by atoms with van der Waals surface area (Å²) in [4.78, 5) is 11.5. The van der Waals surface area contributed by atoms with E-state index in [1.54, 1.807) is 12.1 Å².